The summed E-state index contributed by atoms with van der Waals surface area (Å²) in [5.74, 6) is 0.993. The molecule has 2 nitrogen and oxygen atoms in total. The Kier molecular flexibility index (Phi) is 1.99. The van der Waals surface area contributed by atoms with Crippen LogP contribution < -0.4 is 4.74 Å². The summed E-state index contributed by atoms with van der Waals surface area (Å²) in [6.45, 7) is 3.59. The van der Waals surface area contributed by atoms with Gasteiger partial charge < -0.3 is 9.47 Å². The van der Waals surface area contributed by atoms with E-state index in [1.165, 1.54) is 30.4 Å². The van der Waals surface area contributed by atoms with Crippen LogP contribution in [0.25, 0.3) is 0 Å². The lowest BCUT2D eigenvalue weighted by Gasteiger charge is -2.10. The maximum absolute atomic E-state index is 5.73. The SMILES string of the molecule is CC1(COc2ccc3c(c2)CCC3)CO1. The van der Waals surface area contributed by atoms with Gasteiger partial charge in [-0.05, 0) is 49.4 Å². The fourth-order valence-electron chi connectivity index (χ4n) is 2.08. The van der Waals surface area contributed by atoms with Gasteiger partial charge in [-0.3, -0.25) is 0 Å². The smallest absolute Gasteiger partial charge is 0.123 e. The third kappa shape index (κ3) is 1.86. The molecule has 0 N–H and O–H groups in total. The number of aryl methyl sites for hydroxylation is 2. The van der Waals surface area contributed by atoms with E-state index in [9.17, 15) is 0 Å². The molecule has 1 aliphatic carbocycles. The zero-order valence-electron chi connectivity index (χ0n) is 9.08. The molecule has 1 saturated heterocycles. The molecule has 0 bridgehead atoms. The number of ether oxygens (including phenoxy) is 2. The molecular weight excluding hydrogens is 188 g/mol. The number of epoxide rings is 1. The van der Waals surface area contributed by atoms with Gasteiger partial charge in [-0.2, -0.15) is 0 Å². The van der Waals surface area contributed by atoms with E-state index in [4.69, 9.17) is 9.47 Å². The Morgan fingerprint density at radius 2 is 2.13 bits per heavy atom. The molecule has 0 amide bonds. The molecule has 1 heterocycles. The highest BCUT2D eigenvalue weighted by Crippen LogP contribution is 2.29. The molecule has 15 heavy (non-hydrogen) atoms. The number of hydrogen-bond donors (Lipinski definition) is 0. The molecule has 1 aromatic rings. The average molecular weight is 204 g/mol. The Labute approximate surface area is 90.2 Å². The van der Waals surface area contributed by atoms with E-state index in [-0.39, 0.29) is 5.60 Å². The van der Waals surface area contributed by atoms with Gasteiger partial charge in [-0.15, -0.1) is 0 Å². The lowest BCUT2D eigenvalue weighted by Crippen LogP contribution is -2.16. The summed E-state index contributed by atoms with van der Waals surface area (Å²) in [4.78, 5) is 0. The molecule has 0 saturated carbocycles. The van der Waals surface area contributed by atoms with Crippen LogP contribution in [-0.2, 0) is 17.6 Å². The molecule has 2 aliphatic rings. The molecule has 0 aromatic heterocycles. The Morgan fingerprint density at radius 3 is 2.93 bits per heavy atom. The molecule has 2 heteroatoms. The molecule has 1 fully saturated rings. The summed E-state index contributed by atoms with van der Waals surface area (Å²) >= 11 is 0. The van der Waals surface area contributed by atoms with Crippen molar-refractivity contribution in [2.24, 2.45) is 0 Å². The zero-order chi connectivity index (χ0) is 10.3. The first-order chi connectivity index (χ1) is 7.25. The van der Waals surface area contributed by atoms with Crippen LogP contribution in [-0.4, -0.2) is 18.8 Å². The van der Waals surface area contributed by atoms with E-state index in [1.54, 1.807) is 0 Å². The van der Waals surface area contributed by atoms with E-state index >= 15 is 0 Å². The minimum absolute atomic E-state index is 0.0149. The molecule has 1 aliphatic heterocycles. The van der Waals surface area contributed by atoms with Gasteiger partial charge in [0.2, 0.25) is 0 Å². The molecule has 80 valence electrons. The maximum Gasteiger partial charge on any atom is 0.123 e. The highest BCUT2D eigenvalue weighted by Gasteiger charge is 2.40. The molecule has 1 unspecified atom stereocenters. The molecule has 1 aromatic carbocycles. The van der Waals surface area contributed by atoms with Crippen LogP contribution in [0.15, 0.2) is 18.2 Å². The molecule has 0 spiro atoms. The Hall–Kier alpha value is -1.02. The summed E-state index contributed by atoms with van der Waals surface area (Å²) in [6.07, 6.45) is 3.73. The predicted molar refractivity (Wildman–Crippen MR) is 58.3 cm³/mol. The Morgan fingerprint density at radius 1 is 1.33 bits per heavy atom. The summed E-state index contributed by atoms with van der Waals surface area (Å²) < 4.78 is 11.0. The van der Waals surface area contributed by atoms with Crippen LogP contribution in [0.3, 0.4) is 0 Å². The maximum atomic E-state index is 5.73. The topological polar surface area (TPSA) is 21.8 Å². The van der Waals surface area contributed by atoms with Crippen molar-refractivity contribution in [1.82, 2.24) is 0 Å². The number of hydrogen-bond acceptors (Lipinski definition) is 2. The monoisotopic (exact) mass is 204 g/mol. The summed E-state index contributed by atoms with van der Waals surface area (Å²) in [6, 6.07) is 6.47. The van der Waals surface area contributed by atoms with E-state index in [0.717, 1.165) is 12.4 Å². The normalized spacial score (nSPS) is 27.5. The highest BCUT2D eigenvalue weighted by atomic mass is 16.6. The van der Waals surface area contributed by atoms with E-state index in [0.29, 0.717) is 6.61 Å². The van der Waals surface area contributed by atoms with Crippen molar-refractivity contribution in [3.05, 3.63) is 29.3 Å². The summed E-state index contributed by atoms with van der Waals surface area (Å²) in [5.41, 5.74) is 2.95. The van der Waals surface area contributed by atoms with Crippen LogP contribution in [0.4, 0.5) is 0 Å². The highest BCUT2D eigenvalue weighted by molar-refractivity contribution is 5.38. The van der Waals surface area contributed by atoms with Crippen LogP contribution in [0.5, 0.6) is 5.75 Å². The van der Waals surface area contributed by atoms with Gasteiger partial charge in [0.15, 0.2) is 0 Å². The first-order valence-corrected chi connectivity index (χ1v) is 5.64. The number of rotatable bonds is 3. The molecular formula is C13H16O2. The molecule has 1 atom stereocenters. The van der Waals surface area contributed by atoms with Gasteiger partial charge in [0, 0.05) is 0 Å². The minimum atomic E-state index is -0.0149. The third-order valence-corrected chi connectivity index (χ3v) is 3.25. The van der Waals surface area contributed by atoms with Crippen molar-refractivity contribution < 1.29 is 9.47 Å². The second kappa shape index (κ2) is 3.24. The summed E-state index contributed by atoms with van der Waals surface area (Å²) in [5, 5.41) is 0. The van der Waals surface area contributed by atoms with Gasteiger partial charge in [-0.25, -0.2) is 0 Å². The second-order valence-corrected chi connectivity index (χ2v) is 4.81. The minimum Gasteiger partial charge on any atom is -0.490 e. The third-order valence-electron chi connectivity index (χ3n) is 3.25. The van der Waals surface area contributed by atoms with Crippen molar-refractivity contribution in [2.45, 2.75) is 31.8 Å². The van der Waals surface area contributed by atoms with Crippen molar-refractivity contribution >= 4 is 0 Å². The van der Waals surface area contributed by atoms with Crippen molar-refractivity contribution in [3.63, 3.8) is 0 Å². The first-order valence-electron chi connectivity index (χ1n) is 5.64. The average Bonchev–Trinajstić information content (AvgIpc) is 2.80. The van der Waals surface area contributed by atoms with E-state index in [1.807, 2.05) is 0 Å². The first kappa shape index (κ1) is 9.22. The zero-order valence-corrected chi connectivity index (χ0v) is 9.08. The van der Waals surface area contributed by atoms with Crippen molar-refractivity contribution in [2.75, 3.05) is 13.2 Å². The Bertz CT molecular complexity index is 380. The largest absolute Gasteiger partial charge is 0.490 e. The van der Waals surface area contributed by atoms with E-state index < -0.39 is 0 Å². The standard InChI is InChI=1S/C13H16O2/c1-13(9-15-13)8-14-12-6-5-10-3-2-4-11(10)7-12/h5-7H,2-4,8-9H2,1H3. The lowest BCUT2D eigenvalue weighted by molar-refractivity contribution is 0.202. The van der Waals surface area contributed by atoms with E-state index in [2.05, 4.69) is 25.1 Å². The molecule has 3 rings (SSSR count). The fraction of sp³-hybridized carbons (Fsp3) is 0.538. The van der Waals surface area contributed by atoms with Crippen LogP contribution in [0.2, 0.25) is 0 Å². The fourth-order valence-corrected chi connectivity index (χ4v) is 2.08. The van der Waals surface area contributed by atoms with Crippen LogP contribution >= 0.6 is 0 Å². The van der Waals surface area contributed by atoms with Gasteiger partial charge in [0.25, 0.3) is 0 Å². The van der Waals surface area contributed by atoms with Crippen LogP contribution in [0, 0.1) is 0 Å². The van der Waals surface area contributed by atoms with Gasteiger partial charge in [0.05, 0.1) is 6.61 Å². The van der Waals surface area contributed by atoms with Crippen molar-refractivity contribution in [1.29, 1.82) is 0 Å². The number of benzene rings is 1. The lowest BCUT2D eigenvalue weighted by atomic mass is 10.1. The van der Waals surface area contributed by atoms with Crippen LogP contribution in [0.1, 0.15) is 24.5 Å². The Balaban J connectivity index is 1.70. The van der Waals surface area contributed by atoms with Crippen molar-refractivity contribution in [3.8, 4) is 5.75 Å². The van der Waals surface area contributed by atoms with Gasteiger partial charge in [0.1, 0.15) is 18.0 Å². The predicted octanol–water partition coefficient (Wildman–Crippen LogP) is 2.34. The number of fused-ring (bicyclic) bond motifs is 1. The summed E-state index contributed by atoms with van der Waals surface area (Å²) in [7, 11) is 0. The van der Waals surface area contributed by atoms with Gasteiger partial charge in [-0.1, -0.05) is 6.07 Å². The van der Waals surface area contributed by atoms with Gasteiger partial charge >= 0.3 is 0 Å². The molecule has 0 radical (unpaired) electrons. The second-order valence-electron chi connectivity index (χ2n) is 4.81. The quantitative estimate of drug-likeness (QED) is 0.705.